The van der Waals surface area contributed by atoms with Crippen LogP contribution in [0.5, 0.6) is 23.0 Å². The standard InChI is InChI=1S/C21H25NO5/c1-22-7-6-14-9-19-20(27-12-26-19)10-15(14)17(22)8-13-4-5-18(24-2)21(25-3)16(13)11-23/h4-5,9-10,17,23H,6-8,11-12H2,1-3H3. The van der Waals surface area contributed by atoms with Crippen LogP contribution in [0.1, 0.15) is 28.3 Å². The number of rotatable bonds is 5. The van der Waals surface area contributed by atoms with E-state index in [1.54, 1.807) is 14.2 Å². The minimum Gasteiger partial charge on any atom is -0.493 e. The lowest BCUT2D eigenvalue weighted by atomic mass is 9.87. The van der Waals surface area contributed by atoms with E-state index in [-0.39, 0.29) is 19.4 Å². The van der Waals surface area contributed by atoms with Gasteiger partial charge in [0.15, 0.2) is 23.0 Å². The fourth-order valence-electron chi connectivity index (χ4n) is 4.09. The molecule has 0 saturated carbocycles. The van der Waals surface area contributed by atoms with E-state index in [0.717, 1.165) is 42.0 Å². The summed E-state index contributed by atoms with van der Waals surface area (Å²) in [5, 5.41) is 9.98. The minimum absolute atomic E-state index is 0.0971. The summed E-state index contributed by atoms with van der Waals surface area (Å²) in [4.78, 5) is 2.35. The second-order valence-corrected chi connectivity index (χ2v) is 6.95. The van der Waals surface area contributed by atoms with E-state index < -0.39 is 0 Å². The summed E-state index contributed by atoms with van der Waals surface area (Å²) >= 11 is 0. The maximum atomic E-state index is 9.98. The molecule has 1 unspecified atom stereocenters. The van der Waals surface area contributed by atoms with E-state index in [2.05, 4.69) is 24.1 Å². The second kappa shape index (κ2) is 7.29. The highest BCUT2D eigenvalue weighted by Crippen LogP contribution is 2.42. The summed E-state index contributed by atoms with van der Waals surface area (Å²) < 4.78 is 22.0. The molecule has 144 valence electrons. The average Bonchev–Trinajstić information content (AvgIpc) is 3.15. The van der Waals surface area contributed by atoms with Gasteiger partial charge in [-0.05, 0) is 54.8 Å². The van der Waals surface area contributed by atoms with Crippen LogP contribution in [0.3, 0.4) is 0 Å². The molecular formula is C21H25NO5. The van der Waals surface area contributed by atoms with Crippen molar-refractivity contribution in [2.75, 3.05) is 34.6 Å². The average molecular weight is 371 g/mol. The molecule has 6 heteroatoms. The Hall–Kier alpha value is -2.44. The summed E-state index contributed by atoms with van der Waals surface area (Å²) in [5.41, 5.74) is 4.38. The maximum Gasteiger partial charge on any atom is 0.231 e. The van der Waals surface area contributed by atoms with Crippen molar-refractivity contribution in [3.8, 4) is 23.0 Å². The lowest BCUT2D eigenvalue weighted by Crippen LogP contribution is -2.33. The highest BCUT2D eigenvalue weighted by molar-refractivity contribution is 5.53. The van der Waals surface area contributed by atoms with Crippen molar-refractivity contribution >= 4 is 0 Å². The number of aliphatic hydroxyl groups is 1. The monoisotopic (exact) mass is 371 g/mol. The van der Waals surface area contributed by atoms with E-state index in [4.69, 9.17) is 18.9 Å². The Bertz CT molecular complexity index is 851. The molecule has 0 saturated heterocycles. The molecule has 0 bridgehead atoms. The fourth-order valence-corrected chi connectivity index (χ4v) is 4.09. The van der Waals surface area contributed by atoms with Gasteiger partial charge >= 0.3 is 0 Å². The first-order chi connectivity index (χ1) is 13.2. The molecule has 1 N–H and O–H groups in total. The summed E-state index contributed by atoms with van der Waals surface area (Å²) in [5.74, 6) is 2.87. The zero-order valence-corrected chi connectivity index (χ0v) is 15.9. The van der Waals surface area contributed by atoms with E-state index in [9.17, 15) is 5.11 Å². The largest absolute Gasteiger partial charge is 0.493 e. The SMILES string of the molecule is COc1ccc(CC2c3cc4c(cc3CCN2C)OCO4)c(CO)c1OC. The van der Waals surface area contributed by atoms with Gasteiger partial charge in [-0.15, -0.1) is 0 Å². The van der Waals surface area contributed by atoms with Gasteiger partial charge in [0.1, 0.15) is 0 Å². The van der Waals surface area contributed by atoms with Crippen molar-refractivity contribution in [1.29, 1.82) is 0 Å². The van der Waals surface area contributed by atoms with E-state index >= 15 is 0 Å². The zero-order chi connectivity index (χ0) is 19.0. The van der Waals surface area contributed by atoms with Crippen molar-refractivity contribution in [3.05, 3.63) is 46.5 Å². The molecule has 1 atom stereocenters. The van der Waals surface area contributed by atoms with Crippen LogP contribution in [0.25, 0.3) is 0 Å². The van der Waals surface area contributed by atoms with Crippen molar-refractivity contribution in [3.63, 3.8) is 0 Å². The van der Waals surface area contributed by atoms with Crippen LogP contribution in [-0.2, 0) is 19.4 Å². The molecule has 0 fully saturated rings. The zero-order valence-electron chi connectivity index (χ0n) is 15.9. The quantitative estimate of drug-likeness (QED) is 0.872. The third kappa shape index (κ3) is 3.09. The Morgan fingerprint density at radius 2 is 1.93 bits per heavy atom. The number of nitrogens with zero attached hydrogens (tertiary/aromatic N) is 1. The van der Waals surface area contributed by atoms with Crippen LogP contribution in [-0.4, -0.2) is 44.6 Å². The predicted molar refractivity (Wildman–Crippen MR) is 101 cm³/mol. The number of ether oxygens (including phenoxy) is 4. The second-order valence-electron chi connectivity index (χ2n) is 6.95. The van der Waals surface area contributed by atoms with Gasteiger partial charge in [-0.1, -0.05) is 6.07 Å². The van der Waals surface area contributed by atoms with Crippen LogP contribution >= 0.6 is 0 Å². The summed E-state index contributed by atoms with van der Waals surface area (Å²) in [7, 11) is 5.34. The summed E-state index contributed by atoms with van der Waals surface area (Å²) in [6, 6.07) is 8.32. The molecule has 0 spiro atoms. The predicted octanol–water partition coefficient (Wildman–Crippen LogP) is 2.70. The third-order valence-electron chi connectivity index (χ3n) is 5.58. The number of methoxy groups -OCH3 is 2. The Kier molecular flexibility index (Phi) is 4.85. The molecule has 4 rings (SSSR count). The van der Waals surface area contributed by atoms with Gasteiger partial charge in [-0.25, -0.2) is 0 Å². The van der Waals surface area contributed by atoms with Crippen molar-refractivity contribution in [1.82, 2.24) is 4.90 Å². The summed E-state index contributed by atoms with van der Waals surface area (Å²) in [6.45, 7) is 1.16. The molecule has 0 aromatic heterocycles. The number of fused-ring (bicyclic) bond motifs is 2. The van der Waals surface area contributed by atoms with Crippen LogP contribution in [0.2, 0.25) is 0 Å². The van der Waals surface area contributed by atoms with Crippen molar-refractivity contribution in [2.24, 2.45) is 0 Å². The minimum atomic E-state index is -0.0971. The molecule has 0 amide bonds. The number of likely N-dealkylation sites (N-methyl/N-ethyl adjacent to an activating group) is 1. The van der Waals surface area contributed by atoms with Gasteiger partial charge in [0.25, 0.3) is 0 Å². The first kappa shape index (κ1) is 17.9. The number of hydrogen-bond donors (Lipinski definition) is 1. The molecule has 2 aromatic rings. The lowest BCUT2D eigenvalue weighted by molar-refractivity contribution is 0.174. The van der Waals surface area contributed by atoms with Crippen LogP contribution in [0.4, 0.5) is 0 Å². The highest BCUT2D eigenvalue weighted by atomic mass is 16.7. The third-order valence-corrected chi connectivity index (χ3v) is 5.58. The Morgan fingerprint density at radius 3 is 2.63 bits per heavy atom. The normalized spacial score (nSPS) is 18.3. The van der Waals surface area contributed by atoms with Crippen molar-refractivity contribution in [2.45, 2.75) is 25.5 Å². The smallest absolute Gasteiger partial charge is 0.231 e. The first-order valence-electron chi connectivity index (χ1n) is 9.12. The molecule has 0 aliphatic carbocycles. The molecular weight excluding hydrogens is 346 g/mol. The molecule has 6 nitrogen and oxygen atoms in total. The summed E-state index contributed by atoms with van der Waals surface area (Å²) in [6.07, 6.45) is 1.75. The van der Waals surface area contributed by atoms with Gasteiger partial charge < -0.3 is 24.1 Å². The van der Waals surface area contributed by atoms with Gasteiger partial charge in [0.2, 0.25) is 6.79 Å². The molecule has 2 aliphatic rings. The molecule has 2 aliphatic heterocycles. The molecule has 2 aromatic carbocycles. The highest BCUT2D eigenvalue weighted by Gasteiger charge is 2.29. The van der Waals surface area contributed by atoms with Crippen LogP contribution < -0.4 is 18.9 Å². The maximum absolute atomic E-state index is 9.98. The van der Waals surface area contributed by atoms with E-state index in [1.807, 2.05) is 12.1 Å². The van der Waals surface area contributed by atoms with E-state index in [0.29, 0.717) is 11.5 Å². The Morgan fingerprint density at radius 1 is 1.15 bits per heavy atom. The fraction of sp³-hybridized carbons (Fsp3) is 0.429. The Balaban J connectivity index is 1.73. The van der Waals surface area contributed by atoms with Gasteiger partial charge in [-0.3, -0.25) is 4.90 Å². The van der Waals surface area contributed by atoms with Gasteiger partial charge in [0, 0.05) is 18.2 Å². The van der Waals surface area contributed by atoms with Crippen LogP contribution in [0.15, 0.2) is 24.3 Å². The number of aliphatic hydroxyl groups excluding tert-OH is 1. The van der Waals surface area contributed by atoms with Gasteiger partial charge in [-0.2, -0.15) is 0 Å². The van der Waals surface area contributed by atoms with Crippen molar-refractivity contribution < 1.29 is 24.1 Å². The number of hydrogen-bond acceptors (Lipinski definition) is 6. The number of benzene rings is 2. The lowest BCUT2D eigenvalue weighted by Gasteiger charge is -2.35. The topological polar surface area (TPSA) is 60.4 Å². The first-order valence-corrected chi connectivity index (χ1v) is 9.12. The molecule has 27 heavy (non-hydrogen) atoms. The molecule has 2 heterocycles. The van der Waals surface area contributed by atoms with Crippen LogP contribution in [0, 0.1) is 0 Å². The van der Waals surface area contributed by atoms with Gasteiger partial charge in [0.05, 0.1) is 20.8 Å². The van der Waals surface area contributed by atoms with E-state index in [1.165, 1.54) is 11.1 Å². The Labute approximate surface area is 159 Å². The molecule has 0 radical (unpaired) electrons.